The molecule has 0 saturated heterocycles. The van der Waals surface area contributed by atoms with Gasteiger partial charge in [-0.15, -0.1) is 0 Å². The molecule has 1 aliphatic heterocycles. The highest BCUT2D eigenvalue weighted by atomic mass is 16.6. The Balaban J connectivity index is 1.82. The fourth-order valence-electron chi connectivity index (χ4n) is 3.23. The molecule has 1 atom stereocenters. The van der Waals surface area contributed by atoms with Crippen LogP contribution in [-0.2, 0) is 23.9 Å². The van der Waals surface area contributed by atoms with Crippen molar-refractivity contribution in [3.05, 3.63) is 52.4 Å². The summed E-state index contributed by atoms with van der Waals surface area (Å²) >= 11 is 0. The molecule has 1 aromatic rings. The highest BCUT2D eigenvalue weighted by Crippen LogP contribution is 2.30. The smallest absolute Gasteiger partial charge is 0.336 e. The summed E-state index contributed by atoms with van der Waals surface area (Å²) in [6, 6.07) is 7.38. The van der Waals surface area contributed by atoms with E-state index in [1.54, 1.807) is 27.0 Å². The second kappa shape index (κ2) is 11.0. The minimum atomic E-state index is -0.460. The quantitative estimate of drug-likeness (QED) is 0.286. The number of dihydropyridines is 1. The molecule has 1 N–H and O–H groups in total. The van der Waals surface area contributed by atoms with Gasteiger partial charge in [-0.05, 0) is 43.7 Å². The molecule has 1 heterocycles. The Morgan fingerprint density at radius 1 is 1.03 bits per heavy atom. The predicted molar refractivity (Wildman–Crippen MR) is 112 cm³/mol. The number of allylic oxidation sites excluding steroid dienone is 2. The maximum Gasteiger partial charge on any atom is 0.336 e. The molecule has 0 amide bonds. The maximum absolute atomic E-state index is 12.6. The summed E-state index contributed by atoms with van der Waals surface area (Å²) in [4.78, 5) is 29.3. The first-order chi connectivity index (χ1) is 14.4. The Labute approximate surface area is 176 Å². The Hall–Kier alpha value is -3.29. The molecule has 1 aliphatic rings. The molecule has 8 heteroatoms. The SMILES string of the molecule is CO/N=C/c1ccc(OCCCOC(=O)C2=C(C)NC(C)=C(C(=O)OC)C2C)cc1. The van der Waals surface area contributed by atoms with Crippen molar-refractivity contribution in [2.75, 3.05) is 27.4 Å². The van der Waals surface area contributed by atoms with Crippen LogP contribution >= 0.6 is 0 Å². The largest absolute Gasteiger partial charge is 0.493 e. The van der Waals surface area contributed by atoms with E-state index in [0.29, 0.717) is 41.3 Å². The zero-order chi connectivity index (χ0) is 22.1. The molecule has 0 saturated carbocycles. The van der Waals surface area contributed by atoms with Crippen molar-refractivity contribution in [3.8, 4) is 5.75 Å². The molecule has 30 heavy (non-hydrogen) atoms. The average Bonchev–Trinajstić information content (AvgIpc) is 2.72. The summed E-state index contributed by atoms with van der Waals surface area (Å²) in [5.41, 5.74) is 3.10. The van der Waals surface area contributed by atoms with E-state index in [0.717, 1.165) is 5.56 Å². The van der Waals surface area contributed by atoms with Crippen LogP contribution in [-0.4, -0.2) is 45.6 Å². The zero-order valence-corrected chi connectivity index (χ0v) is 18.0. The molecule has 1 aromatic carbocycles. The van der Waals surface area contributed by atoms with E-state index in [1.165, 1.54) is 14.2 Å². The fourth-order valence-corrected chi connectivity index (χ4v) is 3.23. The number of nitrogens with zero attached hydrogens (tertiary/aromatic N) is 1. The van der Waals surface area contributed by atoms with Crippen LogP contribution in [0.2, 0.25) is 0 Å². The molecule has 0 aromatic heterocycles. The van der Waals surface area contributed by atoms with Gasteiger partial charge in [-0.2, -0.15) is 0 Å². The van der Waals surface area contributed by atoms with Gasteiger partial charge in [0.2, 0.25) is 0 Å². The van der Waals surface area contributed by atoms with Crippen LogP contribution in [0.25, 0.3) is 0 Å². The van der Waals surface area contributed by atoms with E-state index in [9.17, 15) is 9.59 Å². The van der Waals surface area contributed by atoms with Crippen molar-refractivity contribution in [1.29, 1.82) is 0 Å². The van der Waals surface area contributed by atoms with E-state index in [1.807, 2.05) is 24.3 Å². The molecule has 0 aliphatic carbocycles. The van der Waals surface area contributed by atoms with Gasteiger partial charge in [0.25, 0.3) is 0 Å². The van der Waals surface area contributed by atoms with Crippen LogP contribution in [0.3, 0.4) is 0 Å². The molecule has 8 nitrogen and oxygen atoms in total. The lowest BCUT2D eigenvalue weighted by Gasteiger charge is -2.27. The first-order valence-corrected chi connectivity index (χ1v) is 9.62. The number of methoxy groups -OCH3 is 1. The predicted octanol–water partition coefficient (Wildman–Crippen LogP) is 2.94. The normalized spacial score (nSPS) is 16.4. The van der Waals surface area contributed by atoms with Crippen molar-refractivity contribution < 1.29 is 28.6 Å². The highest BCUT2D eigenvalue weighted by molar-refractivity contribution is 5.97. The van der Waals surface area contributed by atoms with Gasteiger partial charge < -0.3 is 24.4 Å². The minimum absolute atomic E-state index is 0.206. The lowest BCUT2D eigenvalue weighted by Crippen LogP contribution is -2.32. The van der Waals surface area contributed by atoms with E-state index < -0.39 is 17.9 Å². The second-order valence-corrected chi connectivity index (χ2v) is 6.74. The van der Waals surface area contributed by atoms with E-state index in [-0.39, 0.29) is 6.61 Å². The monoisotopic (exact) mass is 416 g/mol. The number of benzene rings is 1. The number of carbonyl (C=O) groups is 2. The molecular formula is C22H28N2O6. The van der Waals surface area contributed by atoms with Gasteiger partial charge in [-0.1, -0.05) is 12.1 Å². The van der Waals surface area contributed by atoms with Gasteiger partial charge in [0, 0.05) is 23.7 Å². The lowest BCUT2D eigenvalue weighted by molar-refractivity contribution is -0.140. The van der Waals surface area contributed by atoms with Crippen molar-refractivity contribution in [2.24, 2.45) is 11.1 Å². The van der Waals surface area contributed by atoms with Crippen LogP contribution in [0.4, 0.5) is 0 Å². The molecule has 162 valence electrons. The fraction of sp³-hybridized carbons (Fsp3) is 0.409. The number of nitrogens with one attached hydrogen (secondary N) is 1. The standard InChI is InChI=1S/C22H28N2O6/c1-14-19(21(25)27-4)15(2)24-16(3)20(14)22(26)30-12-6-11-29-18-9-7-17(8-10-18)13-23-28-5/h7-10,13-14,24H,6,11-12H2,1-5H3/b23-13+. The maximum atomic E-state index is 12.6. The summed E-state index contributed by atoms with van der Waals surface area (Å²) < 4.78 is 15.9. The third-order valence-corrected chi connectivity index (χ3v) is 4.65. The number of hydrogen-bond donors (Lipinski definition) is 1. The summed E-state index contributed by atoms with van der Waals surface area (Å²) in [5, 5.41) is 6.76. The molecule has 0 bridgehead atoms. The zero-order valence-electron chi connectivity index (χ0n) is 18.0. The van der Waals surface area contributed by atoms with Gasteiger partial charge in [0.15, 0.2) is 0 Å². The van der Waals surface area contributed by atoms with Crippen molar-refractivity contribution >= 4 is 18.2 Å². The van der Waals surface area contributed by atoms with Crippen molar-refractivity contribution in [3.63, 3.8) is 0 Å². The summed E-state index contributed by atoms with van der Waals surface area (Å²) in [7, 11) is 2.80. The molecule has 0 fully saturated rings. The second-order valence-electron chi connectivity index (χ2n) is 6.74. The number of ether oxygens (including phenoxy) is 3. The topological polar surface area (TPSA) is 95.5 Å². The van der Waals surface area contributed by atoms with Crippen LogP contribution in [0.15, 0.2) is 52.0 Å². The third kappa shape index (κ3) is 5.85. The van der Waals surface area contributed by atoms with E-state index >= 15 is 0 Å². The van der Waals surface area contributed by atoms with E-state index in [2.05, 4.69) is 15.3 Å². The Morgan fingerprint density at radius 2 is 1.67 bits per heavy atom. The molecule has 0 radical (unpaired) electrons. The van der Waals surface area contributed by atoms with Crippen molar-refractivity contribution in [2.45, 2.75) is 27.2 Å². The van der Waals surface area contributed by atoms with Gasteiger partial charge in [0.1, 0.15) is 12.9 Å². The van der Waals surface area contributed by atoms with Gasteiger partial charge in [0.05, 0.1) is 37.7 Å². The van der Waals surface area contributed by atoms with Crippen LogP contribution < -0.4 is 10.1 Å². The number of esters is 2. The van der Waals surface area contributed by atoms with Gasteiger partial charge >= 0.3 is 11.9 Å². The minimum Gasteiger partial charge on any atom is -0.493 e. The molecule has 0 spiro atoms. The Kier molecular flexibility index (Phi) is 8.46. The first kappa shape index (κ1) is 23.0. The van der Waals surface area contributed by atoms with E-state index in [4.69, 9.17) is 14.2 Å². The molecule has 1 unspecified atom stereocenters. The first-order valence-electron chi connectivity index (χ1n) is 9.62. The van der Waals surface area contributed by atoms with Gasteiger partial charge in [-0.3, -0.25) is 0 Å². The number of rotatable bonds is 9. The highest BCUT2D eigenvalue weighted by Gasteiger charge is 2.33. The summed E-state index contributed by atoms with van der Waals surface area (Å²) in [5.74, 6) is -0.619. The van der Waals surface area contributed by atoms with Gasteiger partial charge in [-0.25, -0.2) is 9.59 Å². The molecule has 2 rings (SSSR count). The molecular weight excluding hydrogens is 388 g/mol. The Morgan fingerprint density at radius 3 is 2.27 bits per heavy atom. The summed E-state index contributed by atoms with van der Waals surface area (Å²) in [6.07, 6.45) is 2.13. The van der Waals surface area contributed by atoms with Crippen LogP contribution in [0.5, 0.6) is 5.75 Å². The van der Waals surface area contributed by atoms with Crippen LogP contribution in [0.1, 0.15) is 32.8 Å². The van der Waals surface area contributed by atoms with Crippen LogP contribution in [0, 0.1) is 5.92 Å². The summed E-state index contributed by atoms with van der Waals surface area (Å²) in [6.45, 7) is 5.96. The third-order valence-electron chi connectivity index (χ3n) is 4.65. The average molecular weight is 416 g/mol. The van der Waals surface area contributed by atoms with Crippen molar-refractivity contribution in [1.82, 2.24) is 5.32 Å². The lowest BCUT2D eigenvalue weighted by atomic mass is 9.87. The number of carbonyl (C=O) groups excluding carboxylic acids is 2. The number of hydrogen-bond acceptors (Lipinski definition) is 8. The Bertz CT molecular complexity index is 855. The number of oxime groups is 1.